The van der Waals surface area contributed by atoms with Gasteiger partial charge in [0, 0.05) is 0 Å². The molecular weight excluding hydrogens is 242 g/mol. The van der Waals surface area contributed by atoms with Gasteiger partial charge in [-0.25, -0.2) is 4.99 Å². The fraction of sp³-hybridized carbons (Fsp3) is 0.867. The van der Waals surface area contributed by atoms with Crippen LogP contribution in [0.15, 0.2) is 4.99 Å². The molecule has 2 bridgehead atoms. The SMILES string of the molecule is CC(C)C1(C)SC(C[C@@H]2C[C@H]3CC[C@@H]2C3)=NC1=O. The Kier molecular flexibility index (Phi) is 3.08. The lowest BCUT2D eigenvalue weighted by atomic mass is 9.87. The molecule has 0 aromatic heterocycles. The predicted molar refractivity (Wildman–Crippen MR) is 76.8 cm³/mol. The van der Waals surface area contributed by atoms with Crippen molar-refractivity contribution in [3.05, 3.63) is 0 Å². The van der Waals surface area contributed by atoms with E-state index in [4.69, 9.17) is 0 Å². The van der Waals surface area contributed by atoms with Crippen molar-refractivity contribution in [1.29, 1.82) is 0 Å². The van der Waals surface area contributed by atoms with Crippen LogP contribution in [0, 0.1) is 23.7 Å². The van der Waals surface area contributed by atoms with E-state index >= 15 is 0 Å². The zero-order valence-corrected chi connectivity index (χ0v) is 12.4. The number of aliphatic imine (C=N–C) groups is 1. The summed E-state index contributed by atoms with van der Waals surface area (Å²) in [6.07, 6.45) is 6.76. The normalized spacial score (nSPS) is 43.0. The second kappa shape index (κ2) is 4.36. The molecule has 0 saturated heterocycles. The lowest BCUT2D eigenvalue weighted by Crippen LogP contribution is -2.33. The van der Waals surface area contributed by atoms with Gasteiger partial charge in [-0.05, 0) is 56.3 Å². The summed E-state index contributed by atoms with van der Waals surface area (Å²) >= 11 is 1.74. The summed E-state index contributed by atoms with van der Waals surface area (Å²) in [6, 6.07) is 0. The molecule has 1 amide bonds. The molecule has 1 aliphatic heterocycles. The Morgan fingerprint density at radius 2 is 2.17 bits per heavy atom. The van der Waals surface area contributed by atoms with Crippen LogP contribution >= 0.6 is 11.8 Å². The number of hydrogen-bond acceptors (Lipinski definition) is 2. The minimum absolute atomic E-state index is 0.0978. The minimum Gasteiger partial charge on any atom is -0.271 e. The number of thioether (sulfide) groups is 1. The van der Waals surface area contributed by atoms with Crippen molar-refractivity contribution < 1.29 is 4.79 Å². The van der Waals surface area contributed by atoms with Gasteiger partial charge in [0.1, 0.15) is 4.75 Å². The zero-order valence-electron chi connectivity index (χ0n) is 11.6. The van der Waals surface area contributed by atoms with Crippen LogP contribution in [0.5, 0.6) is 0 Å². The van der Waals surface area contributed by atoms with Crippen LogP contribution in [0.3, 0.4) is 0 Å². The van der Waals surface area contributed by atoms with Gasteiger partial charge in [0.25, 0.3) is 5.91 Å². The zero-order chi connectivity index (χ0) is 12.9. The Labute approximate surface area is 114 Å². The molecule has 0 spiro atoms. The summed E-state index contributed by atoms with van der Waals surface area (Å²) in [5.74, 6) is 3.19. The van der Waals surface area contributed by atoms with Gasteiger partial charge in [-0.2, -0.15) is 0 Å². The van der Waals surface area contributed by atoms with Crippen LogP contribution in [0.25, 0.3) is 0 Å². The number of carbonyl (C=O) groups excluding carboxylic acids is 1. The molecule has 3 aliphatic rings. The Morgan fingerprint density at radius 3 is 2.67 bits per heavy atom. The van der Waals surface area contributed by atoms with Gasteiger partial charge in [0.15, 0.2) is 0 Å². The summed E-state index contributed by atoms with van der Waals surface area (Å²) in [7, 11) is 0. The maximum Gasteiger partial charge on any atom is 0.263 e. The molecule has 2 fully saturated rings. The van der Waals surface area contributed by atoms with Crippen molar-refractivity contribution in [3.63, 3.8) is 0 Å². The molecule has 1 heterocycles. The number of amides is 1. The van der Waals surface area contributed by atoms with E-state index in [1.54, 1.807) is 11.8 Å². The van der Waals surface area contributed by atoms with Crippen LogP contribution in [0.2, 0.25) is 0 Å². The van der Waals surface area contributed by atoms with Gasteiger partial charge >= 0.3 is 0 Å². The summed E-state index contributed by atoms with van der Waals surface area (Å²) in [4.78, 5) is 16.4. The van der Waals surface area contributed by atoms with E-state index < -0.39 is 0 Å². The average Bonchev–Trinajstić information content (AvgIpc) is 2.95. The average molecular weight is 265 g/mol. The maximum atomic E-state index is 12.1. The first-order valence-electron chi connectivity index (χ1n) is 7.30. The summed E-state index contributed by atoms with van der Waals surface area (Å²) in [5, 5.41) is 1.12. The smallest absolute Gasteiger partial charge is 0.263 e. The topological polar surface area (TPSA) is 29.4 Å². The molecule has 0 aromatic rings. The summed E-state index contributed by atoms with van der Waals surface area (Å²) in [6.45, 7) is 6.31. The van der Waals surface area contributed by atoms with E-state index in [1.165, 1.54) is 25.7 Å². The summed E-state index contributed by atoms with van der Waals surface area (Å²) < 4.78 is -0.299. The molecule has 0 radical (unpaired) electrons. The van der Waals surface area contributed by atoms with E-state index in [0.29, 0.717) is 5.92 Å². The lowest BCUT2D eigenvalue weighted by molar-refractivity contribution is -0.120. The van der Waals surface area contributed by atoms with Crippen molar-refractivity contribution in [3.8, 4) is 0 Å². The number of hydrogen-bond donors (Lipinski definition) is 0. The quantitative estimate of drug-likeness (QED) is 0.774. The van der Waals surface area contributed by atoms with Crippen molar-refractivity contribution in [2.45, 2.75) is 57.6 Å². The van der Waals surface area contributed by atoms with Crippen LogP contribution in [0.1, 0.15) is 52.9 Å². The van der Waals surface area contributed by atoms with Crippen LogP contribution in [-0.4, -0.2) is 15.7 Å². The first kappa shape index (κ1) is 12.7. The molecule has 2 saturated carbocycles. The second-order valence-electron chi connectivity index (χ2n) is 6.81. The second-order valence-corrected chi connectivity index (χ2v) is 8.34. The number of nitrogens with zero attached hydrogens (tertiary/aromatic N) is 1. The standard InChI is InChI=1S/C15H23NOS/c1-9(2)15(3)14(17)16-13(18-15)8-12-7-10-4-5-11(12)6-10/h9-12H,4-8H2,1-3H3/t10-,11+,12-,15?/m0/s1. The van der Waals surface area contributed by atoms with Gasteiger partial charge in [-0.15, -0.1) is 0 Å². The van der Waals surface area contributed by atoms with Crippen molar-refractivity contribution in [1.82, 2.24) is 0 Å². The molecule has 0 aromatic carbocycles. The van der Waals surface area contributed by atoms with E-state index in [1.807, 2.05) is 0 Å². The molecular formula is C15H23NOS. The van der Waals surface area contributed by atoms with Gasteiger partial charge in [-0.3, -0.25) is 4.79 Å². The first-order valence-corrected chi connectivity index (χ1v) is 8.11. The molecule has 100 valence electrons. The number of rotatable bonds is 3. The lowest BCUT2D eigenvalue weighted by Gasteiger charge is -2.25. The first-order chi connectivity index (χ1) is 8.49. The van der Waals surface area contributed by atoms with Crippen molar-refractivity contribution in [2.24, 2.45) is 28.7 Å². The molecule has 18 heavy (non-hydrogen) atoms. The van der Waals surface area contributed by atoms with Crippen LogP contribution < -0.4 is 0 Å². The van der Waals surface area contributed by atoms with Gasteiger partial charge in [0.2, 0.25) is 0 Å². The third-order valence-electron chi connectivity index (χ3n) is 5.40. The van der Waals surface area contributed by atoms with E-state index in [2.05, 4.69) is 25.8 Å². The maximum absolute atomic E-state index is 12.1. The summed E-state index contributed by atoms with van der Waals surface area (Å²) in [5.41, 5.74) is 0. The van der Waals surface area contributed by atoms with Crippen LogP contribution in [-0.2, 0) is 4.79 Å². The Hall–Kier alpha value is -0.310. The van der Waals surface area contributed by atoms with Crippen molar-refractivity contribution >= 4 is 22.7 Å². The molecule has 1 unspecified atom stereocenters. The highest BCUT2D eigenvalue weighted by Gasteiger charge is 2.46. The van der Waals surface area contributed by atoms with Crippen molar-refractivity contribution in [2.75, 3.05) is 0 Å². The highest BCUT2D eigenvalue weighted by Crippen LogP contribution is 2.51. The highest BCUT2D eigenvalue weighted by molar-refractivity contribution is 8.16. The third-order valence-corrected chi connectivity index (χ3v) is 6.97. The molecule has 0 N–H and O–H groups in total. The fourth-order valence-electron chi connectivity index (χ4n) is 3.84. The van der Waals surface area contributed by atoms with E-state index in [-0.39, 0.29) is 10.7 Å². The number of fused-ring (bicyclic) bond motifs is 2. The largest absolute Gasteiger partial charge is 0.271 e. The predicted octanol–water partition coefficient (Wildman–Crippen LogP) is 3.90. The van der Waals surface area contributed by atoms with Crippen LogP contribution in [0.4, 0.5) is 0 Å². The molecule has 4 atom stereocenters. The molecule has 3 rings (SSSR count). The molecule has 2 nitrogen and oxygen atoms in total. The van der Waals surface area contributed by atoms with Gasteiger partial charge in [-0.1, -0.05) is 32.0 Å². The number of carbonyl (C=O) groups is 1. The molecule has 2 aliphatic carbocycles. The third kappa shape index (κ3) is 1.95. The molecule has 3 heteroatoms. The van der Waals surface area contributed by atoms with E-state index in [9.17, 15) is 4.79 Å². The Morgan fingerprint density at radius 1 is 1.39 bits per heavy atom. The van der Waals surface area contributed by atoms with Gasteiger partial charge < -0.3 is 0 Å². The monoisotopic (exact) mass is 265 g/mol. The van der Waals surface area contributed by atoms with E-state index in [0.717, 1.165) is 29.2 Å². The van der Waals surface area contributed by atoms with Gasteiger partial charge in [0.05, 0.1) is 5.04 Å². The fourth-order valence-corrected chi connectivity index (χ4v) is 5.12. The Bertz CT molecular complexity index is 403. The highest BCUT2D eigenvalue weighted by atomic mass is 32.2. The minimum atomic E-state index is -0.299. The Balaban J connectivity index is 1.65.